The van der Waals surface area contributed by atoms with Gasteiger partial charge in [-0.15, -0.1) is 0 Å². The minimum Gasteiger partial charge on any atom is -0.322 e. The van der Waals surface area contributed by atoms with Crippen LogP contribution >= 0.6 is 0 Å². The summed E-state index contributed by atoms with van der Waals surface area (Å²) in [5.74, 6) is -0.0411. The summed E-state index contributed by atoms with van der Waals surface area (Å²) in [7, 11) is 0. The van der Waals surface area contributed by atoms with Gasteiger partial charge in [0, 0.05) is 25.6 Å². The van der Waals surface area contributed by atoms with Crippen LogP contribution in [0.2, 0.25) is 0 Å². The minimum atomic E-state index is -0.134. The number of carbonyl (C=O) groups is 2. The van der Waals surface area contributed by atoms with E-state index in [2.05, 4.69) is 0 Å². The van der Waals surface area contributed by atoms with Gasteiger partial charge < -0.3 is 4.90 Å². The molecule has 0 bridgehead atoms. The van der Waals surface area contributed by atoms with E-state index in [1.807, 2.05) is 20.8 Å². The molecule has 0 saturated carbocycles. The molecule has 1 heterocycles. The van der Waals surface area contributed by atoms with Crippen molar-refractivity contribution >= 4 is 11.9 Å². The van der Waals surface area contributed by atoms with Gasteiger partial charge in [0.1, 0.15) is 0 Å². The average molecular weight is 198 g/mol. The monoisotopic (exact) mass is 198 g/mol. The van der Waals surface area contributed by atoms with Gasteiger partial charge >= 0.3 is 6.03 Å². The molecule has 4 heteroatoms. The molecule has 0 radical (unpaired) electrons. The molecule has 1 aliphatic rings. The predicted molar refractivity (Wildman–Crippen MR) is 53.9 cm³/mol. The molecule has 4 nitrogen and oxygen atoms in total. The van der Waals surface area contributed by atoms with E-state index in [4.69, 9.17) is 0 Å². The quantitative estimate of drug-likeness (QED) is 0.674. The van der Waals surface area contributed by atoms with Crippen molar-refractivity contribution in [3.05, 3.63) is 0 Å². The van der Waals surface area contributed by atoms with Gasteiger partial charge in [-0.3, -0.25) is 9.69 Å². The van der Waals surface area contributed by atoms with E-state index in [0.29, 0.717) is 19.5 Å². The van der Waals surface area contributed by atoms with Gasteiger partial charge in [-0.05, 0) is 27.2 Å². The van der Waals surface area contributed by atoms with Crippen molar-refractivity contribution in [2.45, 2.75) is 39.7 Å². The molecule has 0 aliphatic carbocycles. The third-order valence-corrected chi connectivity index (χ3v) is 2.51. The Labute approximate surface area is 84.9 Å². The molecule has 1 rings (SSSR count). The lowest BCUT2D eigenvalue weighted by Gasteiger charge is -2.28. The second kappa shape index (κ2) is 4.44. The Kier molecular flexibility index (Phi) is 3.49. The van der Waals surface area contributed by atoms with Crippen LogP contribution in [0.5, 0.6) is 0 Å². The van der Waals surface area contributed by atoms with Gasteiger partial charge in [-0.1, -0.05) is 0 Å². The van der Waals surface area contributed by atoms with E-state index in [9.17, 15) is 9.59 Å². The van der Waals surface area contributed by atoms with Gasteiger partial charge in [0.2, 0.25) is 5.91 Å². The molecule has 0 atom stereocenters. The first-order valence-corrected chi connectivity index (χ1v) is 5.19. The molecule has 0 aromatic heterocycles. The van der Waals surface area contributed by atoms with Crippen molar-refractivity contribution in [3.63, 3.8) is 0 Å². The molecule has 0 aromatic rings. The van der Waals surface area contributed by atoms with Gasteiger partial charge in [-0.25, -0.2) is 4.79 Å². The van der Waals surface area contributed by atoms with Crippen molar-refractivity contribution in [2.75, 3.05) is 13.1 Å². The molecule has 0 aromatic carbocycles. The fourth-order valence-electron chi connectivity index (χ4n) is 1.68. The predicted octanol–water partition coefficient (Wildman–Crippen LogP) is 1.46. The SMILES string of the molecule is CCN1C(=O)CCCN(C(C)C)C1=O. The number of hydrogen-bond acceptors (Lipinski definition) is 2. The lowest BCUT2D eigenvalue weighted by molar-refractivity contribution is -0.127. The Balaban J connectivity index is 2.83. The van der Waals surface area contributed by atoms with Crippen LogP contribution in [0.15, 0.2) is 0 Å². The smallest absolute Gasteiger partial charge is 0.322 e. The summed E-state index contributed by atoms with van der Waals surface area (Å²) in [6.45, 7) is 6.95. The van der Waals surface area contributed by atoms with Crippen molar-refractivity contribution in [3.8, 4) is 0 Å². The highest BCUT2D eigenvalue weighted by Gasteiger charge is 2.29. The molecule has 0 N–H and O–H groups in total. The number of carbonyl (C=O) groups excluding carboxylic acids is 2. The number of rotatable bonds is 2. The lowest BCUT2D eigenvalue weighted by Crippen LogP contribution is -2.46. The zero-order valence-electron chi connectivity index (χ0n) is 9.12. The standard InChI is InChI=1S/C10H18N2O2/c1-4-11-9(13)6-5-7-12(8(2)3)10(11)14/h8H,4-7H2,1-3H3. The number of nitrogens with zero attached hydrogens (tertiary/aromatic N) is 2. The maximum absolute atomic E-state index is 11.9. The van der Waals surface area contributed by atoms with E-state index >= 15 is 0 Å². The molecule has 0 spiro atoms. The lowest BCUT2D eigenvalue weighted by atomic mass is 10.2. The first kappa shape index (κ1) is 11.0. The van der Waals surface area contributed by atoms with Crippen LogP contribution in [0, 0.1) is 0 Å². The Morgan fingerprint density at radius 1 is 1.36 bits per heavy atom. The fraction of sp³-hybridized carbons (Fsp3) is 0.800. The highest BCUT2D eigenvalue weighted by Crippen LogP contribution is 2.13. The van der Waals surface area contributed by atoms with Gasteiger partial charge in [-0.2, -0.15) is 0 Å². The molecule has 14 heavy (non-hydrogen) atoms. The largest absolute Gasteiger partial charge is 0.326 e. The Hall–Kier alpha value is -1.06. The number of amides is 3. The molecule has 0 unspecified atom stereocenters. The highest BCUT2D eigenvalue weighted by molar-refractivity contribution is 5.95. The molecular formula is C10H18N2O2. The zero-order chi connectivity index (χ0) is 10.7. The van der Waals surface area contributed by atoms with Gasteiger partial charge in [0.15, 0.2) is 0 Å². The number of hydrogen-bond donors (Lipinski definition) is 0. The van der Waals surface area contributed by atoms with Crippen molar-refractivity contribution < 1.29 is 9.59 Å². The van der Waals surface area contributed by atoms with Crippen LogP contribution < -0.4 is 0 Å². The maximum Gasteiger partial charge on any atom is 0.326 e. The third kappa shape index (κ3) is 2.05. The van der Waals surface area contributed by atoms with Crippen LogP contribution in [0.4, 0.5) is 4.79 Å². The first-order valence-electron chi connectivity index (χ1n) is 5.19. The summed E-state index contributed by atoms with van der Waals surface area (Å²) in [4.78, 5) is 26.5. The van der Waals surface area contributed by atoms with Crippen LogP contribution in [0.1, 0.15) is 33.6 Å². The fourth-order valence-corrected chi connectivity index (χ4v) is 1.68. The van der Waals surface area contributed by atoms with Crippen LogP contribution in [0.25, 0.3) is 0 Å². The molecule has 1 saturated heterocycles. The van der Waals surface area contributed by atoms with E-state index in [1.54, 1.807) is 4.90 Å². The van der Waals surface area contributed by atoms with Gasteiger partial charge in [0.25, 0.3) is 0 Å². The van der Waals surface area contributed by atoms with Crippen molar-refractivity contribution in [1.29, 1.82) is 0 Å². The first-order chi connectivity index (χ1) is 6.57. The summed E-state index contributed by atoms with van der Waals surface area (Å²) in [5.41, 5.74) is 0. The van der Waals surface area contributed by atoms with E-state index in [0.717, 1.165) is 6.42 Å². The Bertz CT molecular complexity index is 238. The normalized spacial score (nSPS) is 19.1. The van der Waals surface area contributed by atoms with Crippen LogP contribution in [-0.4, -0.2) is 40.9 Å². The average Bonchev–Trinajstić information content (AvgIpc) is 2.25. The minimum absolute atomic E-state index is 0.0411. The van der Waals surface area contributed by atoms with E-state index in [1.165, 1.54) is 4.90 Å². The van der Waals surface area contributed by atoms with Crippen molar-refractivity contribution in [1.82, 2.24) is 9.80 Å². The summed E-state index contributed by atoms with van der Waals surface area (Å²) in [6.07, 6.45) is 1.27. The Morgan fingerprint density at radius 3 is 2.50 bits per heavy atom. The van der Waals surface area contributed by atoms with Crippen LogP contribution in [0.3, 0.4) is 0 Å². The molecule has 1 fully saturated rings. The summed E-state index contributed by atoms with van der Waals surface area (Å²) in [5, 5.41) is 0. The van der Waals surface area contributed by atoms with E-state index < -0.39 is 0 Å². The zero-order valence-corrected chi connectivity index (χ0v) is 9.12. The highest BCUT2D eigenvalue weighted by atomic mass is 16.2. The number of urea groups is 1. The molecule has 1 aliphatic heterocycles. The molecule has 3 amide bonds. The second-order valence-electron chi connectivity index (χ2n) is 3.81. The summed E-state index contributed by atoms with van der Waals surface area (Å²) in [6, 6.07) is 0.0347. The van der Waals surface area contributed by atoms with Gasteiger partial charge in [0.05, 0.1) is 0 Å². The molecule has 80 valence electrons. The third-order valence-electron chi connectivity index (χ3n) is 2.51. The number of imide groups is 1. The topological polar surface area (TPSA) is 40.6 Å². The van der Waals surface area contributed by atoms with Crippen molar-refractivity contribution in [2.24, 2.45) is 0 Å². The van der Waals surface area contributed by atoms with Crippen LogP contribution in [-0.2, 0) is 4.79 Å². The molecular weight excluding hydrogens is 180 g/mol. The summed E-state index contributed by atoms with van der Waals surface area (Å²) < 4.78 is 0. The van der Waals surface area contributed by atoms with E-state index in [-0.39, 0.29) is 18.0 Å². The second-order valence-corrected chi connectivity index (χ2v) is 3.81. The Morgan fingerprint density at radius 2 is 2.00 bits per heavy atom. The summed E-state index contributed by atoms with van der Waals surface area (Å²) >= 11 is 0. The maximum atomic E-state index is 11.9.